The quantitative estimate of drug-likeness (QED) is 0.738. The Kier molecular flexibility index (Phi) is 3.10. The van der Waals surface area contributed by atoms with Gasteiger partial charge in [0.25, 0.3) is 0 Å². The maximum atomic E-state index is 11.5. The van der Waals surface area contributed by atoms with Crippen LogP contribution in [-0.4, -0.2) is 26.2 Å². The maximum absolute atomic E-state index is 11.5. The highest BCUT2D eigenvalue weighted by Gasteiger charge is 2.25. The number of benzene rings is 1. The number of hydrogen-bond acceptors (Lipinski definition) is 3. The van der Waals surface area contributed by atoms with Crippen molar-refractivity contribution in [2.75, 3.05) is 11.5 Å². The van der Waals surface area contributed by atoms with Gasteiger partial charge >= 0.3 is 0 Å². The van der Waals surface area contributed by atoms with E-state index in [1.807, 2.05) is 12.1 Å². The van der Waals surface area contributed by atoms with Gasteiger partial charge in [-0.25, -0.2) is 8.42 Å². The van der Waals surface area contributed by atoms with Crippen molar-refractivity contribution in [3.63, 3.8) is 0 Å². The fourth-order valence-corrected chi connectivity index (χ4v) is 3.88. The molecule has 0 radical (unpaired) electrons. The number of rotatable bonds is 2. The van der Waals surface area contributed by atoms with E-state index < -0.39 is 9.84 Å². The molecular formula is C12H14O3S. The minimum atomic E-state index is -2.87. The average molecular weight is 238 g/mol. The third-order valence-electron chi connectivity index (χ3n) is 3.01. The standard InChI is InChI=1S/C12H14O3S/c13-8-10-3-5-11(6-4-10)12-2-1-7-16(14,15)9-12/h3-6,8,12H,1-2,7,9H2. The third kappa shape index (κ3) is 2.50. The Balaban J connectivity index is 2.20. The first kappa shape index (κ1) is 11.3. The van der Waals surface area contributed by atoms with Crippen LogP contribution in [0.2, 0.25) is 0 Å². The zero-order valence-corrected chi connectivity index (χ0v) is 9.74. The highest BCUT2D eigenvalue weighted by Crippen LogP contribution is 2.28. The van der Waals surface area contributed by atoms with Crippen LogP contribution in [0.3, 0.4) is 0 Å². The second-order valence-corrected chi connectivity index (χ2v) is 6.47. The lowest BCUT2D eigenvalue weighted by Gasteiger charge is -2.22. The van der Waals surface area contributed by atoms with Crippen LogP contribution in [0, 0.1) is 0 Å². The summed E-state index contributed by atoms with van der Waals surface area (Å²) in [5.74, 6) is 0.656. The van der Waals surface area contributed by atoms with E-state index in [1.165, 1.54) is 0 Å². The van der Waals surface area contributed by atoms with Crippen LogP contribution in [0.15, 0.2) is 24.3 Å². The van der Waals surface area contributed by atoms with Crippen molar-refractivity contribution in [3.05, 3.63) is 35.4 Å². The predicted octanol–water partition coefficient (Wildman–Crippen LogP) is 1.79. The van der Waals surface area contributed by atoms with Crippen LogP contribution < -0.4 is 0 Å². The summed E-state index contributed by atoms with van der Waals surface area (Å²) in [7, 11) is -2.87. The smallest absolute Gasteiger partial charge is 0.150 e. The summed E-state index contributed by atoms with van der Waals surface area (Å²) in [6, 6.07) is 7.19. The molecule has 0 saturated carbocycles. The van der Waals surface area contributed by atoms with Gasteiger partial charge in [0.1, 0.15) is 6.29 Å². The summed E-state index contributed by atoms with van der Waals surface area (Å²) in [4.78, 5) is 10.5. The molecule has 0 amide bonds. The van der Waals surface area contributed by atoms with E-state index in [-0.39, 0.29) is 11.7 Å². The molecule has 3 nitrogen and oxygen atoms in total. The van der Waals surface area contributed by atoms with Gasteiger partial charge in [0.2, 0.25) is 0 Å². The molecule has 4 heteroatoms. The van der Waals surface area contributed by atoms with E-state index >= 15 is 0 Å². The summed E-state index contributed by atoms with van der Waals surface area (Å²) in [5, 5.41) is 0. The maximum Gasteiger partial charge on any atom is 0.150 e. The molecule has 0 N–H and O–H groups in total. The number of sulfone groups is 1. The summed E-state index contributed by atoms with van der Waals surface area (Å²) in [6.45, 7) is 0. The topological polar surface area (TPSA) is 51.2 Å². The Labute approximate surface area is 95.4 Å². The minimum Gasteiger partial charge on any atom is -0.298 e. The van der Waals surface area contributed by atoms with Crippen molar-refractivity contribution in [1.82, 2.24) is 0 Å². The highest BCUT2D eigenvalue weighted by atomic mass is 32.2. The van der Waals surface area contributed by atoms with Crippen LogP contribution in [-0.2, 0) is 9.84 Å². The Bertz CT molecular complexity index is 473. The molecule has 1 atom stereocenters. The first-order valence-electron chi connectivity index (χ1n) is 5.36. The second-order valence-electron chi connectivity index (χ2n) is 4.24. The van der Waals surface area contributed by atoms with Crippen molar-refractivity contribution in [2.45, 2.75) is 18.8 Å². The number of aldehydes is 1. The molecule has 1 unspecified atom stereocenters. The number of carbonyl (C=O) groups excluding carboxylic acids is 1. The molecule has 1 saturated heterocycles. The molecule has 16 heavy (non-hydrogen) atoms. The molecule has 1 aromatic carbocycles. The monoisotopic (exact) mass is 238 g/mol. The zero-order chi connectivity index (χ0) is 11.6. The molecular weight excluding hydrogens is 224 g/mol. The molecule has 1 aromatic rings. The molecule has 0 bridgehead atoms. The van der Waals surface area contributed by atoms with Crippen LogP contribution in [0.25, 0.3) is 0 Å². The summed E-state index contributed by atoms with van der Waals surface area (Å²) in [6.07, 6.45) is 2.45. The number of hydrogen-bond donors (Lipinski definition) is 0. The van der Waals surface area contributed by atoms with Crippen LogP contribution in [0.1, 0.15) is 34.7 Å². The van der Waals surface area contributed by atoms with Crippen LogP contribution in [0.4, 0.5) is 0 Å². The van der Waals surface area contributed by atoms with E-state index in [9.17, 15) is 13.2 Å². The molecule has 86 valence electrons. The van der Waals surface area contributed by atoms with Gasteiger partial charge in [-0.2, -0.15) is 0 Å². The van der Waals surface area contributed by atoms with Gasteiger partial charge in [-0.3, -0.25) is 4.79 Å². The van der Waals surface area contributed by atoms with Gasteiger partial charge in [0, 0.05) is 5.56 Å². The van der Waals surface area contributed by atoms with Crippen molar-refractivity contribution in [3.8, 4) is 0 Å². The van der Waals surface area contributed by atoms with Gasteiger partial charge in [-0.05, 0) is 24.3 Å². The highest BCUT2D eigenvalue weighted by molar-refractivity contribution is 7.91. The molecule has 1 fully saturated rings. The summed E-state index contributed by atoms with van der Waals surface area (Å²) < 4.78 is 23.0. The summed E-state index contributed by atoms with van der Waals surface area (Å²) >= 11 is 0. The summed E-state index contributed by atoms with van der Waals surface area (Å²) in [5.41, 5.74) is 1.65. The molecule has 1 aliphatic rings. The second kappa shape index (κ2) is 4.37. The first-order chi connectivity index (χ1) is 7.61. The van der Waals surface area contributed by atoms with E-state index in [0.29, 0.717) is 11.3 Å². The Morgan fingerprint density at radius 1 is 1.19 bits per heavy atom. The fourth-order valence-electron chi connectivity index (χ4n) is 2.13. The SMILES string of the molecule is O=Cc1ccc(C2CCCS(=O)(=O)C2)cc1. The van der Waals surface area contributed by atoms with E-state index in [4.69, 9.17) is 0 Å². The zero-order valence-electron chi connectivity index (χ0n) is 8.93. The molecule has 0 aliphatic carbocycles. The van der Waals surface area contributed by atoms with E-state index in [2.05, 4.69) is 0 Å². The van der Waals surface area contributed by atoms with Gasteiger partial charge in [0.05, 0.1) is 11.5 Å². The fraction of sp³-hybridized carbons (Fsp3) is 0.417. The molecule has 2 rings (SSSR count). The lowest BCUT2D eigenvalue weighted by Crippen LogP contribution is -2.23. The molecule has 0 spiro atoms. The average Bonchev–Trinajstić information content (AvgIpc) is 2.28. The Morgan fingerprint density at radius 3 is 2.44 bits per heavy atom. The normalized spacial score (nSPS) is 23.9. The van der Waals surface area contributed by atoms with Crippen molar-refractivity contribution < 1.29 is 13.2 Å². The Hall–Kier alpha value is -1.16. The Morgan fingerprint density at radius 2 is 1.88 bits per heavy atom. The molecule has 1 aliphatic heterocycles. The first-order valence-corrected chi connectivity index (χ1v) is 7.18. The molecule has 1 heterocycles. The van der Waals surface area contributed by atoms with Crippen molar-refractivity contribution in [1.29, 1.82) is 0 Å². The van der Waals surface area contributed by atoms with Crippen LogP contribution in [0.5, 0.6) is 0 Å². The number of carbonyl (C=O) groups is 1. The third-order valence-corrected chi connectivity index (χ3v) is 4.83. The van der Waals surface area contributed by atoms with Gasteiger partial charge in [0.15, 0.2) is 9.84 Å². The van der Waals surface area contributed by atoms with E-state index in [0.717, 1.165) is 24.7 Å². The van der Waals surface area contributed by atoms with Crippen molar-refractivity contribution >= 4 is 16.1 Å². The molecule has 0 aromatic heterocycles. The lowest BCUT2D eigenvalue weighted by molar-refractivity contribution is 0.112. The van der Waals surface area contributed by atoms with Gasteiger partial charge in [-0.15, -0.1) is 0 Å². The van der Waals surface area contributed by atoms with Gasteiger partial charge in [-0.1, -0.05) is 24.3 Å². The van der Waals surface area contributed by atoms with Crippen LogP contribution >= 0.6 is 0 Å². The lowest BCUT2D eigenvalue weighted by atomic mass is 9.95. The van der Waals surface area contributed by atoms with Gasteiger partial charge < -0.3 is 0 Å². The predicted molar refractivity (Wildman–Crippen MR) is 62.5 cm³/mol. The minimum absolute atomic E-state index is 0.0967. The van der Waals surface area contributed by atoms with Crippen molar-refractivity contribution in [2.24, 2.45) is 0 Å². The van der Waals surface area contributed by atoms with E-state index in [1.54, 1.807) is 12.1 Å². The largest absolute Gasteiger partial charge is 0.298 e.